The smallest absolute Gasteiger partial charge is 0.335 e. The van der Waals surface area contributed by atoms with Crippen LogP contribution in [0.3, 0.4) is 0 Å². The lowest BCUT2D eigenvalue weighted by molar-refractivity contribution is 0.0696. The van der Waals surface area contributed by atoms with Crippen LogP contribution >= 0.6 is 0 Å². The largest absolute Gasteiger partial charge is 0.508 e. The maximum atomic E-state index is 10.9. The topological polar surface area (TPSA) is 66.8 Å². The van der Waals surface area contributed by atoms with Gasteiger partial charge in [-0.3, -0.25) is 0 Å². The Morgan fingerprint density at radius 1 is 1.32 bits per heavy atom. The molecule has 0 fully saturated rings. The lowest BCUT2D eigenvalue weighted by Crippen LogP contribution is -2.40. The molecule has 0 atom stereocenters. The molecular weight excluding hydrogens is 260 g/mol. The van der Waals surface area contributed by atoms with Gasteiger partial charge >= 0.3 is 5.97 Å². The van der Waals surface area contributed by atoms with E-state index in [0.29, 0.717) is 5.56 Å². The number of phenols is 1. The number of carboxylic acids is 1. The van der Waals surface area contributed by atoms with E-state index in [-0.39, 0.29) is 23.0 Å². The summed E-state index contributed by atoms with van der Waals surface area (Å²) in [5, 5.41) is 18.8. The molecule has 1 rings (SSSR count). The average Bonchev–Trinajstić information content (AvgIpc) is 2.26. The summed E-state index contributed by atoms with van der Waals surface area (Å²) in [7, 11) is -1.91. The zero-order valence-electron chi connectivity index (χ0n) is 12.2. The fraction of sp³-hybridized carbons (Fsp3) is 0.500. The van der Waals surface area contributed by atoms with Gasteiger partial charge in [0.2, 0.25) is 0 Å². The normalized spacial score (nSPS) is 12.5. The van der Waals surface area contributed by atoms with E-state index < -0.39 is 14.3 Å². The highest BCUT2D eigenvalue weighted by Crippen LogP contribution is 2.37. The van der Waals surface area contributed by atoms with E-state index in [1.807, 2.05) is 0 Å². The van der Waals surface area contributed by atoms with Gasteiger partial charge in [0.25, 0.3) is 0 Å². The van der Waals surface area contributed by atoms with E-state index in [1.165, 1.54) is 18.2 Å². The number of carbonyl (C=O) groups is 1. The molecule has 2 N–H and O–H groups in total. The van der Waals surface area contributed by atoms with Gasteiger partial charge < -0.3 is 14.6 Å². The van der Waals surface area contributed by atoms with Gasteiger partial charge in [0.15, 0.2) is 8.32 Å². The molecule has 0 aliphatic rings. The molecule has 1 aromatic carbocycles. The summed E-state index contributed by atoms with van der Waals surface area (Å²) < 4.78 is 5.98. The fourth-order valence-electron chi connectivity index (χ4n) is 1.31. The van der Waals surface area contributed by atoms with Crippen LogP contribution in [-0.4, -0.2) is 24.5 Å². The summed E-state index contributed by atoms with van der Waals surface area (Å²) in [6, 6.07) is 4.24. The Morgan fingerprint density at radius 2 is 1.89 bits per heavy atom. The fourth-order valence-corrected chi connectivity index (χ4v) is 2.26. The van der Waals surface area contributed by atoms with E-state index in [2.05, 4.69) is 33.9 Å². The first-order valence-electron chi connectivity index (χ1n) is 6.24. The summed E-state index contributed by atoms with van der Waals surface area (Å²) in [5.74, 6) is -0.933. The highest BCUT2D eigenvalue weighted by molar-refractivity contribution is 6.74. The predicted molar refractivity (Wildman–Crippen MR) is 77.1 cm³/mol. The molecule has 4 nitrogen and oxygen atoms in total. The number of hydrogen-bond donors (Lipinski definition) is 2. The van der Waals surface area contributed by atoms with Gasteiger partial charge in [0.1, 0.15) is 5.75 Å². The van der Waals surface area contributed by atoms with Crippen molar-refractivity contribution in [1.82, 2.24) is 0 Å². The van der Waals surface area contributed by atoms with Crippen LogP contribution in [0.1, 0.15) is 36.7 Å². The molecule has 0 radical (unpaired) electrons. The third-order valence-electron chi connectivity index (χ3n) is 3.72. The number of carboxylic acid groups (broad SMARTS) is 1. The Morgan fingerprint density at radius 3 is 2.37 bits per heavy atom. The SMILES string of the molecule is CC(C)(C)[Si](C)(C)OCc1cc(C(=O)O)ccc1O. The van der Waals surface area contributed by atoms with Crippen LogP contribution in [0.25, 0.3) is 0 Å². The monoisotopic (exact) mass is 282 g/mol. The molecule has 5 heteroatoms. The second kappa shape index (κ2) is 5.34. The molecule has 0 saturated heterocycles. The van der Waals surface area contributed by atoms with E-state index in [0.717, 1.165) is 0 Å². The minimum Gasteiger partial charge on any atom is -0.508 e. The first kappa shape index (κ1) is 15.7. The minimum atomic E-state index is -1.91. The standard InChI is InChI=1S/C14H22O4Si/c1-14(2,3)19(4,5)18-9-11-8-10(13(16)17)6-7-12(11)15/h6-8,15H,9H2,1-5H3,(H,16,17). The number of rotatable bonds is 4. The van der Waals surface area contributed by atoms with Crippen LogP contribution in [0.15, 0.2) is 18.2 Å². The third-order valence-corrected chi connectivity index (χ3v) is 8.20. The maximum absolute atomic E-state index is 10.9. The second-order valence-corrected chi connectivity index (χ2v) is 11.0. The van der Waals surface area contributed by atoms with Crippen LogP contribution in [0.5, 0.6) is 5.75 Å². The number of benzene rings is 1. The number of phenolic OH excluding ortho intramolecular Hbond substituents is 1. The molecule has 0 heterocycles. The van der Waals surface area contributed by atoms with E-state index in [4.69, 9.17) is 9.53 Å². The van der Waals surface area contributed by atoms with Gasteiger partial charge in [0.05, 0.1) is 12.2 Å². The van der Waals surface area contributed by atoms with Crippen LogP contribution in [0, 0.1) is 0 Å². The average molecular weight is 282 g/mol. The van der Waals surface area contributed by atoms with Crippen molar-refractivity contribution in [2.75, 3.05) is 0 Å². The van der Waals surface area contributed by atoms with Crippen molar-refractivity contribution in [3.63, 3.8) is 0 Å². The van der Waals surface area contributed by atoms with Crippen molar-refractivity contribution < 1.29 is 19.4 Å². The van der Waals surface area contributed by atoms with Gasteiger partial charge in [-0.05, 0) is 36.3 Å². The van der Waals surface area contributed by atoms with Gasteiger partial charge in [-0.2, -0.15) is 0 Å². The Labute approximate surface area is 115 Å². The van der Waals surface area contributed by atoms with E-state index >= 15 is 0 Å². The number of aromatic hydroxyl groups is 1. The molecular formula is C14H22O4Si. The van der Waals surface area contributed by atoms with Gasteiger partial charge in [-0.1, -0.05) is 20.8 Å². The Hall–Kier alpha value is -1.33. The van der Waals surface area contributed by atoms with Crippen molar-refractivity contribution >= 4 is 14.3 Å². The molecule has 0 amide bonds. The number of aromatic carboxylic acids is 1. The summed E-state index contributed by atoms with van der Waals surface area (Å²) >= 11 is 0. The maximum Gasteiger partial charge on any atom is 0.335 e. The lowest BCUT2D eigenvalue weighted by Gasteiger charge is -2.36. The molecule has 0 unspecified atom stereocenters. The highest BCUT2D eigenvalue weighted by Gasteiger charge is 2.37. The quantitative estimate of drug-likeness (QED) is 0.828. The molecule has 0 saturated carbocycles. The molecule has 19 heavy (non-hydrogen) atoms. The first-order valence-corrected chi connectivity index (χ1v) is 9.14. The van der Waals surface area contributed by atoms with Crippen molar-refractivity contribution in [3.8, 4) is 5.75 Å². The van der Waals surface area contributed by atoms with Crippen molar-refractivity contribution in [3.05, 3.63) is 29.3 Å². The Kier molecular flexibility index (Phi) is 4.42. The van der Waals surface area contributed by atoms with Gasteiger partial charge in [0, 0.05) is 5.56 Å². The predicted octanol–water partition coefficient (Wildman–Crippen LogP) is 3.61. The molecule has 0 aliphatic heterocycles. The Bertz CT molecular complexity index is 475. The van der Waals surface area contributed by atoms with Crippen molar-refractivity contribution in [1.29, 1.82) is 0 Å². The first-order chi connectivity index (χ1) is 8.54. The lowest BCUT2D eigenvalue weighted by atomic mass is 10.1. The van der Waals surface area contributed by atoms with Crippen LogP contribution in [-0.2, 0) is 11.0 Å². The summed E-state index contributed by atoms with van der Waals surface area (Å²) in [6.07, 6.45) is 0. The summed E-state index contributed by atoms with van der Waals surface area (Å²) in [5.41, 5.74) is 0.677. The summed E-state index contributed by atoms with van der Waals surface area (Å²) in [6.45, 7) is 10.9. The van der Waals surface area contributed by atoms with E-state index in [9.17, 15) is 9.90 Å². The molecule has 1 aromatic rings. The Balaban J connectivity index is 2.89. The summed E-state index contributed by atoms with van der Waals surface area (Å²) in [4.78, 5) is 10.9. The van der Waals surface area contributed by atoms with Crippen molar-refractivity contribution in [2.45, 2.75) is 45.5 Å². The molecule has 0 aromatic heterocycles. The van der Waals surface area contributed by atoms with E-state index in [1.54, 1.807) is 0 Å². The highest BCUT2D eigenvalue weighted by atomic mass is 28.4. The zero-order valence-corrected chi connectivity index (χ0v) is 13.2. The van der Waals surface area contributed by atoms with Crippen LogP contribution in [0.2, 0.25) is 18.1 Å². The molecule has 106 valence electrons. The number of hydrogen-bond acceptors (Lipinski definition) is 3. The third kappa shape index (κ3) is 3.81. The van der Waals surface area contributed by atoms with Crippen LogP contribution < -0.4 is 0 Å². The van der Waals surface area contributed by atoms with Crippen LogP contribution in [0.4, 0.5) is 0 Å². The zero-order chi connectivity index (χ0) is 14.8. The van der Waals surface area contributed by atoms with Crippen molar-refractivity contribution in [2.24, 2.45) is 0 Å². The second-order valence-electron chi connectivity index (χ2n) is 6.20. The molecule has 0 aliphatic carbocycles. The molecule has 0 bridgehead atoms. The van der Waals surface area contributed by atoms with Gasteiger partial charge in [-0.25, -0.2) is 4.79 Å². The molecule has 0 spiro atoms. The minimum absolute atomic E-state index is 0.0729. The van der Waals surface area contributed by atoms with Gasteiger partial charge in [-0.15, -0.1) is 0 Å².